The molecule has 5 aliphatic rings. The summed E-state index contributed by atoms with van der Waals surface area (Å²) in [5.41, 5.74) is 4.10. The summed E-state index contributed by atoms with van der Waals surface area (Å²) in [6.07, 6.45) is 5.48. The Labute approximate surface area is 207 Å². The average molecular weight is 519 g/mol. The second-order valence-electron chi connectivity index (χ2n) is 10.3. The summed E-state index contributed by atoms with van der Waals surface area (Å²) in [4.78, 5) is 44.0. The van der Waals surface area contributed by atoms with Gasteiger partial charge in [-0.05, 0) is 85.8 Å². The van der Waals surface area contributed by atoms with Crippen LogP contribution < -0.4 is 4.90 Å². The standard InChI is InChI=1S/C28H27BrN2O3/c1-14-6-4-5-7-18(14)26(32)30(17-10-15(2)25(29)16(3)11-17)13-31-27(33)23-19-8-9-20(22-12-21(19)22)24(23)28(31)34/h4-11,19-24H,12-13H2,1-3H3. The van der Waals surface area contributed by atoms with Gasteiger partial charge >= 0.3 is 0 Å². The monoisotopic (exact) mass is 518 g/mol. The van der Waals surface area contributed by atoms with Crippen molar-refractivity contribution in [3.63, 3.8) is 0 Å². The van der Waals surface area contributed by atoms with Crippen LogP contribution in [0.5, 0.6) is 0 Å². The van der Waals surface area contributed by atoms with E-state index in [0.29, 0.717) is 23.1 Å². The highest BCUT2D eigenvalue weighted by Gasteiger charge is 2.67. The van der Waals surface area contributed by atoms with Crippen molar-refractivity contribution >= 4 is 39.3 Å². The van der Waals surface area contributed by atoms with Gasteiger partial charge < -0.3 is 0 Å². The Morgan fingerprint density at radius 3 is 2.06 bits per heavy atom. The van der Waals surface area contributed by atoms with Gasteiger partial charge in [0.2, 0.25) is 11.8 Å². The van der Waals surface area contributed by atoms with Crippen LogP contribution in [0, 0.1) is 56.3 Å². The van der Waals surface area contributed by atoms with Crippen molar-refractivity contribution in [2.45, 2.75) is 27.2 Å². The number of carbonyl (C=O) groups excluding carboxylic acids is 3. The largest absolute Gasteiger partial charge is 0.290 e. The summed E-state index contributed by atoms with van der Waals surface area (Å²) in [5, 5.41) is 0. The van der Waals surface area contributed by atoms with E-state index in [-0.39, 0.29) is 48.1 Å². The molecule has 6 unspecified atom stereocenters. The van der Waals surface area contributed by atoms with Crippen LogP contribution in [0.4, 0.5) is 5.69 Å². The van der Waals surface area contributed by atoms with Gasteiger partial charge in [0.25, 0.3) is 5.91 Å². The molecule has 0 spiro atoms. The minimum atomic E-state index is -0.268. The van der Waals surface area contributed by atoms with E-state index in [1.54, 1.807) is 11.0 Å². The lowest BCUT2D eigenvalue weighted by molar-refractivity contribution is -0.140. The molecule has 0 N–H and O–H groups in total. The summed E-state index contributed by atoms with van der Waals surface area (Å²) >= 11 is 3.61. The Morgan fingerprint density at radius 1 is 0.941 bits per heavy atom. The summed E-state index contributed by atoms with van der Waals surface area (Å²) in [5.74, 6) is 0.451. The SMILES string of the molecule is Cc1ccccc1C(=O)N(CN1C(=O)C2C3C=CC(C4CC34)C2C1=O)c1cc(C)c(Br)c(C)c1. The molecule has 2 saturated carbocycles. The van der Waals surface area contributed by atoms with Crippen LogP contribution in [0.2, 0.25) is 0 Å². The molecule has 4 aliphatic carbocycles. The van der Waals surface area contributed by atoms with Crippen molar-refractivity contribution in [1.82, 2.24) is 4.90 Å². The van der Waals surface area contributed by atoms with Gasteiger partial charge in [0.05, 0.1) is 11.8 Å². The summed E-state index contributed by atoms with van der Waals surface area (Å²) < 4.78 is 0.987. The maximum atomic E-state index is 13.8. The van der Waals surface area contributed by atoms with Crippen LogP contribution in [0.25, 0.3) is 0 Å². The quantitative estimate of drug-likeness (QED) is 0.421. The van der Waals surface area contributed by atoms with E-state index in [1.807, 2.05) is 51.1 Å². The van der Waals surface area contributed by atoms with E-state index in [2.05, 4.69) is 28.1 Å². The molecule has 2 aromatic carbocycles. The molecule has 1 saturated heterocycles. The maximum Gasteiger partial charge on any atom is 0.260 e. The first-order chi connectivity index (χ1) is 16.3. The zero-order chi connectivity index (χ0) is 23.9. The van der Waals surface area contributed by atoms with Crippen LogP contribution >= 0.6 is 15.9 Å². The summed E-state index contributed by atoms with van der Waals surface area (Å²) in [6, 6.07) is 11.3. The molecule has 3 amide bonds. The van der Waals surface area contributed by atoms with E-state index >= 15 is 0 Å². The minimum absolute atomic E-state index is 0.0624. The van der Waals surface area contributed by atoms with Gasteiger partial charge in [-0.25, -0.2) is 0 Å². The van der Waals surface area contributed by atoms with Gasteiger partial charge in [-0.2, -0.15) is 0 Å². The molecular formula is C28H27BrN2O3. The van der Waals surface area contributed by atoms with Crippen LogP contribution in [0.3, 0.4) is 0 Å². The number of rotatable bonds is 4. The minimum Gasteiger partial charge on any atom is -0.290 e. The first-order valence-corrected chi connectivity index (χ1v) is 12.7. The van der Waals surface area contributed by atoms with Crippen molar-refractivity contribution in [2.75, 3.05) is 11.6 Å². The Bertz CT molecular complexity index is 1230. The number of imide groups is 1. The van der Waals surface area contributed by atoms with Crippen LogP contribution in [-0.2, 0) is 9.59 Å². The van der Waals surface area contributed by atoms with Gasteiger partial charge in [-0.3, -0.25) is 24.2 Å². The number of nitrogens with zero attached hydrogens (tertiary/aromatic N) is 2. The molecule has 6 atom stereocenters. The molecule has 2 aromatic rings. The van der Waals surface area contributed by atoms with E-state index < -0.39 is 0 Å². The number of likely N-dealkylation sites (tertiary alicyclic amines) is 1. The molecule has 5 nitrogen and oxygen atoms in total. The Balaban J connectivity index is 1.39. The summed E-state index contributed by atoms with van der Waals surface area (Å²) in [6.45, 7) is 5.80. The molecular weight excluding hydrogens is 492 g/mol. The molecule has 1 aliphatic heterocycles. The lowest BCUT2D eigenvalue weighted by Crippen LogP contribution is -2.45. The number of amides is 3. The number of halogens is 1. The molecule has 6 heteroatoms. The molecule has 1 heterocycles. The predicted molar refractivity (Wildman–Crippen MR) is 133 cm³/mol. The third kappa shape index (κ3) is 3.07. The molecule has 174 valence electrons. The van der Waals surface area contributed by atoms with E-state index in [4.69, 9.17) is 0 Å². The molecule has 2 bridgehead atoms. The van der Waals surface area contributed by atoms with Crippen molar-refractivity contribution < 1.29 is 14.4 Å². The fourth-order valence-electron chi connectivity index (χ4n) is 6.60. The van der Waals surface area contributed by atoms with Gasteiger partial charge in [-0.15, -0.1) is 0 Å². The number of hydrogen-bond donors (Lipinski definition) is 0. The second kappa shape index (κ2) is 7.64. The van der Waals surface area contributed by atoms with Gasteiger partial charge in [0.15, 0.2) is 0 Å². The van der Waals surface area contributed by atoms with Gasteiger partial charge in [0, 0.05) is 15.7 Å². The first kappa shape index (κ1) is 21.8. The lowest BCUT2D eigenvalue weighted by Gasteiger charge is -2.37. The topological polar surface area (TPSA) is 57.7 Å². The number of allylic oxidation sites excluding steroid dienone is 2. The van der Waals surface area contributed by atoms with Crippen LogP contribution in [-0.4, -0.2) is 29.3 Å². The van der Waals surface area contributed by atoms with Crippen molar-refractivity contribution in [3.8, 4) is 0 Å². The first-order valence-electron chi connectivity index (χ1n) is 12.0. The highest BCUT2D eigenvalue weighted by molar-refractivity contribution is 9.10. The summed E-state index contributed by atoms with van der Waals surface area (Å²) in [7, 11) is 0. The highest BCUT2D eigenvalue weighted by atomic mass is 79.9. The average Bonchev–Trinajstić information content (AvgIpc) is 3.60. The van der Waals surface area contributed by atoms with E-state index in [9.17, 15) is 14.4 Å². The predicted octanol–water partition coefficient (Wildman–Crippen LogP) is 5.03. The van der Waals surface area contributed by atoms with Gasteiger partial charge in [-0.1, -0.05) is 46.3 Å². The number of carbonyl (C=O) groups is 3. The third-order valence-electron chi connectivity index (χ3n) is 8.39. The highest BCUT2D eigenvalue weighted by Crippen LogP contribution is 2.65. The van der Waals surface area contributed by atoms with Crippen LogP contribution in [0.15, 0.2) is 53.0 Å². The van der Waals surface area contributed by atoms with Crippen LogP contribution in [0.1, 0.15) is 33.5 Å². The van der Waals surface area contributed by atoms with Crippen molar-refractivity contribution in [3.05, 3.63) is 75.3 Å². The number of benzene rings is 2. The Morgan fingerprint density at radius 2 is 1.50 bits per heavy atom. The smallest absolute Gasteiger partial charge is 0.260 e. The fourth-order valence-corrected chi connectivity index (χ4v) is 6.83. The molecule has 0 aromatic heterocycles. The maximum absolute atomic E-state index is 13.8. The molecule has 7 rings (SSSR count). The normalized spacial score (nSPS) is 30.4. The molecule has 0 radical (unpaired) electrons. The third-order valence-corrected chi connectivity index (χ3v) is 9.64. The van der Waals surface area contributed by atoms with E-state index in [1.165, 1.54) is 4.90 Å². The fraction of sp³-hybridized carbons (Fsp3) is 0.393. The van der Waals surface area contributed by atoms with Crippen molar-refractivity contribution in [2.24, 2.45) is 35.5 Å². The zero-order valence-corrected chi connectivity index (χ0v) is 21.1. The van der Waals surface area contributed by atoms with Gasteiger partial charge in [0.1, 0.15) is 6.67 Å². The number of aryl methyl sites for hydroxylation is 3. The molecule has 3 fully saturated rings. The van der Waals surface area contributed by atoms with Crippen molar-refractivity contribution in [1.29, 1.82) is 0 Å². The molecule has 34 heavy (non-hydrogen) atoms. The second-order valence-corrected chi connectivity index (χ2v) is 11.1. The number of anilines is 1. The van der Waals surface area contributed by atoms with E-state index in [0.717, 1.165) is 27.6 Å². The Hall–Kier alpha value is -2.73. The zero-order valence-electron chi connectivity index (χ0n) is 19.5. The lowest BCUT2D eigenvalue weighted by atomic mass is 9.63. The Kier molecular flexibility index (Phi) is 4.89. The number of hydrogen-bond acceptors (Lipinski definition) is 3.